The lowest BCUT2D eigenvalue weighted by atomic mass is 10.00. The number of fused-ring (bicyclic) bond motifs is 1. The zero-order valence-electron chi connectivity index (χ0n) is 17.2. The number of sulfonamides is 1. The highest BCUT2D eigenvalue weighted by Crippen LogP contribution is 2.37. The molecule has 0 fully saturated rings. The van der Waals surface area contributed by atoms with E-state index >= 15 is 0 Å². The summed E-state index contributed by atoms with van der Waals surface area (Å²) in [5.41, 5.74) is 4.60. The Hall–Kier alpha value is -4.09. The van der Waals surface area contributed by atoms with Gasteiger partial charge in [0.25, 0.3) is 5.91 Å². The van der Waals surface area contributed by atoms with Crippen molar-refractivity contribution in [3.63, 3.8) is 0 Å². The minimum Gasteiger partial charge on any atom is -0.354 e. The van der Waals surface area contributed by atoms with Crippen molar-refractivity contribution in [1.82, 2.24) is 0 Å². The molecule has 0 aliphatic carbocycles. The van der Waals surface area contributed by atoms with Crippen LogP contribution in [-0.2, 0) is 14.8 Å². The molecular weight excluding hydrogens is 424 g/mol. The summed E-state index contributed by atoms with van der Waals surface area (Å²) in [5.74, 6) is -0.202. The molecule has 3 aromatic carbocycles. The molecule has 160 valence electrons. The van der Waals surface area contributed by atoms with Crippen molar-refractivity contribution >= 4 is 44.3 Å². The highest BCUT2D eigenvalue weighted by atomic mass is 32.2. The third kappa shape index (κ3) is 4.19. The standard InChI is InChI=1S/C24H20N4O3S/c1-32(30,31)28(16-15-25)19-13-11-18(12-14-19)26-23(17-7-3-2-4-8-17)22-20-9-5-6-10-21(20)27-24(22)29/h2-14,26H,16H2,1H3,(H,27,29). The van der Waals surface area contributed by atoms with Gasteiger partial charge in [0.15, 0.2) is 0 Å². The van der Waals surface area contributed by atoms with Crippen LogP contribution in [0.1, 0.15) is 11.1 Å². The van der Waals surface area contributed by atoms with E-state index in [1.807, 2.05) is 60.7 Å². The number of hydrogen-bond acceptors (Lipinski definition) is 5. The van der Waals surface area contributed by atoms with Crippen LogP contribution in [0.25, 0.3) is 11.3 Å². The van der Waals surface area contributed by atoms with Gasteiger partial charge in [-0.15, -0.1) is 0 Å². The number of amides is 1. The van der Waals surface area contributed by atoms with E-state index in [1.165, 1.54) is 0 Å². The van der Waals surface area contributed by atoms with Gasteiger partial charge in [-0.25, -0.2) is 8.42 Å². The Morgan fingerprint density at radius 1 is 1.00 bits per heavy atom. The molecule has 7 nitrogen and oxygen atoms in total. The van der Waals surface area contributed by atoms with Crippen molar-refractivity contribution < 1.29 is 13.2 Å². The van der Waals surface area contributed by atoms with E-state index in [-0.39, 0.29) is 12.5 Å². The number of hydrogen-bond donors (Lipinski definition) is 2. The minimum atomic E-state index is -3.58. The third-order valence-corrected chi connectivity index (χ3v) is 6.16. The maximum atomic E-state index is 12.8. The molecule has 2 N–H and O–H groups in total. The van der Waals surface area contributed by atoms with Gasteiger partial charge in [-0.3, -0.25) is 9.10 Å². The number of nitrogens with one attached hydrogen (secondary N) is 2. The van der Waals surface area contributed by atoms with Crippen molar-refractivity contribution in [3.05, 3.63) is 90.0 Å². The number of benzene rings is 3. The topological polar surface area (TPSA) is 102 Å². The molecule has 3 aromatic rings. The molecule has 0 saturated heterocycles. The highest BCUT2D eigenvalue weighted by Gasteiger charge is 2.28. The first-order valence-electron chi connectivity index (χ1n) is 9.80. The van der Waals surface area contributed by atoms with E-state index in [0.717, 1.165) is 27.4 Å². The Morgan fingerprint density at radius 3 is 2.31 bits per heavy atom. The van der Waals surface area contributed by atoms with E-state index in [0.29, 0.717) is 22.6 Å². The number of carbonyl (C=O) groups excluding carboxylic acids is 1. The molecule has 0 spiro atoms. The fraction of sp³-hybridized carbons (Fsp3) is 0.0833. The van der Waals surface area contributed by atoms with E-state index in [2.05, 4.69) is 10.6 Å². The molecule has 32 heavy (non-hydrogen) atoms. The summed E-state index contributed by atoms with van der Waals surface area (Å²) in [6.45, 7) is -0.276. The molecule has 0 unspecified atom stereocenters. The van der Waals surface area contributed by atoms with Gasteiger partial charge in [-0.2, -0.15) is 5.26 Å². The van der Waals surface area contributed by atoms with Gasteiger partial charge >= 0.3 is 0 Å². The predicted octanol–water partition coefficient (Wildman–Crippen LogP) is 3.91. The first-order valence-corrected chi connectivity index (χ1v) is 11.7. The number of para-hydroxylation sites is 1. The number of carbonyl (C=O) groups is 1. The van der Waals surface area contributed by atoms with Crippen LogP contribution in [0.3, 0.4) is 0 Å². The van der Waals surface area contributed by atoms with Crippen molar-refractivity contribution in [2.45, 2.75) is 0 Å². The SMILES string of the molecule is CS(=O)(=O)N(CC#N)c1ccc(NC(=C2C(=O)Nc3ccccc32)c2ccccc2)cc1. The van der Waals surface area contributed by atoms with E-state index in [4.69, 9.17) is 5.26 Å². The van der Waals surface area contributed by atoms with Crippen LogP contribution >= 0.6 is 0 Å². The first-order chi connectivity index (χ1) is 15.4. The lowest BCUT2D eigenvalue weighted by Crippen LogP contribution is -2.30. The first kappa shape index (κ1) is 21.2. The Kier molecular flexibility index (Phi) is 5.67. The average Bonchev–Trinajstić information content (AvgIpc) is 3.12. The molecule has 8 heteroatoms. The van der Waals surface area contributed by atoms with Crippen molar-refractivity contribution in [1.29, 1.82) is 5.26 Å². The number of nitrogens with zero attached hydrogens (tertiary/aromatic N) is 2. The number of nitriles is 1. The summed E-state index contributed by atoms with van der Waals surface area (Å²) in [4.78, 5) is 12.8. The summed E-state index contributed by atoms with van der Waals surface area (Å²) in [5, 5.41) is 15.2. The number of rotatable bonds is 6. The minimum absolute atomic E-state index is 0.202. The summed E-state index contributed by atoms with van der Waals surface area (Å²) in [7, 11) is -3.58. The van der Waals surface area contributed by atoms with Gasteiger partial charge in [0.05, 0.1) is 29.3 Å². The van der Waals surface area contributed by atoms with Crippen LogP contribution in [-0.4, -0.2) is 27.1 Å². The van der Waals surface area contributed by atoms with Gasteiger partial charge in [0.2, 0.25) is 10.0 Å². The Bertz CT molecular complexity index is 1340. The molecule has 1 heterocycles. The lowest BCUT2D eigenvalue weighted by molar-refractivity contribution is -0.110. The second kappa shape index (κ2) is 8.57. The quantitative estimate of drug-likeness (QED) is 0.443. The summed E-state index contributed by atoms with van der Waals surface area (Å²) in [6.07, 6.45) is 1.06. The van der Waals surface area contributed by atoms with Gasteiger partial charge in [0, 0.05) is 16.9 Å². The molecule has 0 saturated carbocycles. The molecule has 0 atom stereocenters. The van der Waals surface area contributed by atoms with Crippen LogP contribution in [0.5, 0.6) is 0 Å². The second-order valence-corrected chi connectivity index (χ2v) is 9.12. The normalized spacial score (nSPS) is 14.2. The summed E-state index contributed by atoms with van der Waals surface area (Å²) >= 11 is 0. The maximum Gasteiger partial charge on any atom is 0.258 e. The zero-order valence-corrected chi connectivity index (χ0v) is 18.1. The molecule has 1 aliphatic rings. The molecule has 0 aromatic heterocycles. The summed E-state index contributed by atoms with van der Waals surface area (Å²) < 4.78 is 25.0. The maximum absolute atomic E-state index is 12.8. The van der Waals surface area contributed by atoms with Gasteiger partial charge in [-0.1, -0.05) is 48.5 Å². The second-order valence-electron chi connectivity index (χ2n) is 7.22. The van der Waals surface area contributed by atoms with Crippen LogP contribution < -0.4 is 14.9 Å². The number of anilines is 3. The van der Waals surface area contributed by atoms with Gasteiger partial charge in [-0.05, 0) is 35.9 Å². The Labute approximate surface area is 186 Å². The molecular formula is C24H20N4O3S. The van der Waals surface area contributed by atoms with Crippen molar-refractivity contribution in [3.8, 4) is 6.07 Å². The van der Waals surface area contributed by atoms with Crippen molar-refractivity contribution in [2.24, 2.45) is 0 Å². The summed E-state index contributed by atoms with van der Waals surface area (Å²) in [6, 6.07) is 25.6. The molecule has 1 aliphatic heterocycles. The van der Waals surface area contributed by atoms with Gasteiger partial charge in [0.1, 0.15) is 6.54 Å². The van der Waals surface area contributed by atoms with Crippen LogP contribution in [0.15, 0.2) is 78.9 Å². The van der Waals surface area contributed by atoms with Crippen LogP contribution in [0.2, 0.25) is 0 Å². The van der Waals surface area contributed by atoms with E-state index in [9.17, 15) is 13.2 Å². The van der Waals surface area contributed by atoms with Crippen LogP contribution in [0.4, 0.5) is 17.1 Å². The predicted molar refractivity (Wildman–Crippen MR) is 126 cm³/mol. The zero-order chi connectivity index (χ0) is 22.7. The fourth-order valence-corrected chi connectivity index (χ4v) is 4.37. The average molecular weight is 445 g/mol. The Morgan fingerprint density at radius 2 is 1.66 bits per heavy atom. The van der Waals surface area contributed by atoms with Gasteiger partial charge < -0.3 is 10.6 Å². The lowest BCUT2D eigenvalue weighted by Gasteiger charge is -2.20. The van der Waals surface area contributed by atoms with E-state index in [1.54, 1.807) is 24.3 Å². The molecule has 0 radical (unpaired) electrons. The highest BCUT2D eigenvalue weighted by molar-refractivity contribution is 7.92. The molecule has 0 bridgehead atoms. The monoisotopic (exact) mass is 444 g/mol. The molecule has 4 rings (SSSR count). The van der Waals surface area contributed by atoms with Crippen molar-refractivity contribution in [2.75, 3.05) is 27.7 Å². The third-order valence-electron chi connectivity index (χ3n) is 5.02. The van der Waals surface area contributed by atoms with E-state index < -0.39 is 10.0 Å². The largest absolute Gasteiger partial charge is 0.354 e. The Balaban J connectivity index is 1.76. The molecule has 1 amide bonds. The fourth-order valence-electron chi connectivity index (χ4n) is 3.57. The van der Waals surface area contributed by atoms with Crippen LogP contribution in [0, 0.1) is 11.3 Å². The smallest absolute Gasteiger partial charge is 0.258 e.